The summed E-state index contributed by atoms with van der Waals surface area (Å²) in [6.45, 7) is 8.04. The van der Waals surface area contributed by atoms with E-state index < -0.39 is 0 Å². The van der Waals surface area contributed by atoms with Crippen LogP contribution in [0.2, 0.25) is 0 Å². The summed E-state index contributed by atoms with van der Waals surface area (Å²) in [5.41, 5.74) is 0. The standard InChI is InChI=1S/C17H35NS2/c1-4-7-8-9-10-11-12-15(18-6-3)17-16(5-2)19-13-14-20-17/h15-18H,4-14H2,1-3H3. The summed E-state index contributed by atoms with van der Waals surface area (Å²) in [4.78, 5) is 0. The number of thioether (sulfide) groups is 2. The van der Waals surface area contributed by atoms with Gasteiger partial charge in [0.25, 0.3) is 0 Å². The molecular weight excluding hydrogens is 282 g/mol. The fourth-order valence-electron chi connectivity index (χ4n) is 3.10. The fraction of sp³-hybridized carbons (Fsp3) is 1.00. The third-order valence-electron chi connectivity index (χ3n) is 4.23. The Balaban J connectivity index is 2.30. The number of nitrogens with one attached hydrogen (secondary N) is 1. The predicted molar refractivity (Wildman–Crippen MR) is 98.2 cm³/mol. The monoisotopic (exact) mass is 317 g/mol. The Morgan fingerprint density at radius 1 is 0.950 bits per heavy atom. The van der Waals surface area contributed by atoms with Crippen molar-refractivity contribution >= 4 is 23.5 Å². The van der Waals surface area contributed by atoms with Gasteiger partial charge >= 0.3 is 0 Å². The summed E-state index contributed by atoms with van der Waals surface area (Å²) < 4.78 is 0. The second-order valence-electron chi connectivity index (χ2n) is 5.87. The van der Waals surface area contributed by atoms with E-state index in [0.717, 1.165) is 23.1 Å². The van der Waals surface area contributed by atoms with E-state index in [-0.39, 0.29) is 0 Å². The Morgan fingerprint density at radius 3 is 2.35 bits per heavy atom. The minimum atomic E-state index is 0.744. The van der Waals surface area contributed by atoms with Crippen LogP contribution in [-0.2, 0) is 0 Å². The zero-order valence-corrected chi connectivity index (χ0v) is 15.5. The highest BCUT2D eigenvalue weighted by Crippen LogP contribution is 2.36. The lowest BCUT2D eigenvalue weighted by molar-refractivity contribution is 0.440. The maximum atomic E-state index is 3.78. The van der Waals surface area contributed by atoms with Crippen molar-refractivity contribution in [2.75, 3.05) is 18.1 Å². The van der Waals surface area contributed by atoms with Crippen LogP contribution < -0.4 is 5.32 Å². The smallest absolute Gasteiger partial charge is 0.0320 e. The lowest BCUT2D eigenvalue weighted by Gasteiger charge is -2.36. The molecule has 3 heteroatoms. The molecule has 20 heavy (non-hydrogen) atoms. The van der Waals surface area contributed by atoms with Crippen LogP contribution >= 0.6 is 23.5 Å². The highest BCUT2D eigenvalue weighted by Gasteiger charge is 2.31. The summed E-state index contributed by atoms with van der Waals surface area (Å²) in [5.74, 6) is 2.71. The molecule has 0 spiro atoms. The van der Waals surface area contributed by atoms with Crippen molar-refractivity contribution in [1.82, 2.24) is 5.32 Å². The van der Waals surface area contributed by atoms with Gasteiger partial charge in [0.05, 0.1) is 0 Å². The first-order chi connectivity index (χ1) is 9.83. The van der Waals surface area contributed by atoms with E-state index in [9.17, 15) is 0 Å². The molecule has 0 saturated carbocycles. The van der Waals surface area contributed by atoms with Crippen LogP contribution in [0.3, 0.4) is 0 Å². The molecule has 1 N–H and O–H groups in total. The van der Waals surface area contributed by atoms with Gasteiger partial charge in [0.15, 0.2) is 0 Å². The summed E-state index contributed by atoms with van der Waals surface area (Å²) in [6.07, 6.45) is 11.2. The first-order valence-electron chi connectivity index (χ1n) is 8.80. The number of unbranched alkanes of at least 4 members (excludes halogenated alkanes) is 5. The van der Waals surface area contributed by atoms with E-state index >= 15 is 0 Å². The molecule has 1 nitrogen and oxygen atoms in total. The normalized spacial score (nSPS) is 24.8. The summed E-state index contributed by atoms with van der Waals surface area (Å²) in [6, 6.07) is 0.744. The van der Waals surface area contributed by atoms with Gasteiger partial charge in [-0.05, 0) is 19.4 Å². The van der Waals surface area contributed by atoms with Gasteiger partial charge < -0.3 is 5.32 Å². The van der Waals surface area contributed by atoms with Gasteiger partial charge in [0.2, 0.25) is 0 Å². The average molecular weight is 318 g/mol. The first-order valence-corrected chi connectivity index (χ1v) is 10.9. The molecule has 0 aromatic carbocycles. The second kappa shape index (κ2) is 12.2. The zero-order chi connectivity index (χ0) is 14.6. The largest absolute Gasteiger partial charge is 0.313 e. The van der Waals surface area contributed by atoms with Crippen molar-refractivity contribution in [3.05, 3.63) is 0 Å². The molecule has 0 amide bonds. The van der Waals surface area contributed by atoms with Gasteiger partial charge in [-0.3, -0.25) is 0 Å². The maximum Gasteiger partial charge on any atom is 0.0320 e. The molecule has 1 rings (SSSR count). The molecule has 120 valence electrons. The van der Waals surface area contributed by atoms with Crippen LogP contribution in [0, 0.1) is 0 Å². The van der Waals surface area contributed by atoms with Crippen molar-refractivity contribution in [3.63, 3.8) is 0 Å². The number of hydrogen-bond donors (Lipinski definition) is 1. The van der Waals surface area contributed by atoms with E-state index in [1.54, 1.807) is 0 Å². The molecule has 1 fully saturated rings. The zero-order valence-electron chi connectivity index (χ0n) is 13.8. The van der Waals surface area contributed by atoms with E-state index in [0.29, 0.717) is 0 Å². The first kappa shape index (κ1) is 18.7. The van der Waals surface area contributed by atoms with Crippen LogP contribution in [0.25, 0.3) is 0 Å². The minimum absolute atomic E-state index is 0.744. The van der Waals surface area contributed by atoms with Gasteiger partial charge in [0.1, 0.15) is 0 Å². The quantitative estimate of drug-likeness (QED) is 0.516. The van der Waals surface area contributed by atoms with E-state index in [1.807, 2.05) is 0 Å². The lowest BCUT2D eigenvalue weighted by atomic mass is 10.0. The van der Waals surface area contributed by atoms with Gasteiger partial charge in [-0.15, -0.1) is 0 Å². The SMILES string of the molecule is CCCCCCCCC(NCC)C1SCCSC1CC. The Kier molecular flexibility index (Phi) is 11.4. The van der Waals surface area contributed by atoms with Crippen molar-refractivity contribution in [2.24, 2.45) is 0 Å². The summed E-state index contributed by atoms with van der Waals surface area (Å²) in [7, 11) is 0. The molecule has 0 bridgehead atoms. The Hall–Kier alpha value is 0.660. The molecular formula is C17H35NS2. The average Bonchev–Trinajstić information content (AvgIpc) is 2.49. The molecule has 3 unspecified atom stereocenters. The molecule has 1 saturated heterocycles. The van der Waals surface area contributed by atoms with Gasteiger partial charge in [-0.1, -0.05) is 59.3 Å². The van der Waals surface area contributed by atoms with Crippen molar-refractivity contribution < 1.29 is 0 Å². The molecule has 0 aromatic heterocycles. The van der Waals surface area contributed by atoms with Crippen LogP contribution in [-0.4, -0.2) is 34.6 Å². The molecule has 3 atom stereocenters. The van der Waals surface area contributed by atoms with Crippen molar-refractivity contribution in [1.29, 1.82) is 0 Å². The number of rotatable bonds is 11. The molecule has 0 aliphatic carbocycles. The van der Waals surface area contributed by atoms with E-state index in [1.165, 1.54) is 62.9 Å². The highest BCUT2D eigenvalue weighted by molar-refractivity contribution is 8.07. The fourth-order valence-corrected chi connectivity index (χ4v) is 6.40. The van der Waals surface area contributed by atoms with Crippen LogP contribution in [0.1, 0.15) is 72.1 Å². The van der Waals surface area contributed by atoms with Crippen LogP contribution in [0.5, 0.6) is 0 Å². The Bertz CT molecular complexity index is 223. The Morgan fingerprint density at radius 2 is 1.65 bits per heavy atom. The second-order valence-corrected chi connectivity index (χ2v) is 8.51. The minimum Gasteiger partial charge on any atom is -0.313 e. The third-order valence-corrected chi connectivity index (χ3v) is 7.63. The predicted octanol–water partition coefficient (Wildman–Crippen LogP) is 5.34. The molecule has 1 aliphatic rings. The lowest BCUT2D eigenvalue weighted by Crippen LogP contribution is -2.45. The van der Waals surface area contributed by atoms with Gasteiger partial charge in [0, 0.05) is 28.0 Å². The topological polar surface area (TPSA) is 12.0 Å². The molecule has 0 aromatic rings. The van der Waals surface area contributed by atoms with Crippen LogP contribution in [0.15, 0.2) is 0 Å². The van der Waals surface area contributed by atoms with E-state index in [4.69, 9.17) is 0 Å². The molecule has 1 heterocycles. The summed E-state index contributed by atoms with van der Waals surface area (Å²) in [5, 5.41) is 5.50. The van der Waals surface area contributed by atoms with Crippen molar-refractivity contribution in [2.45, 2.75) is 88.7 Å². The summed E-state index contributed by atoms with van der Waals surface area (Å²) >= 11 is 4.45. The highest BCUT2D eigenvalue weighted by atomic mass is 32.2. The van der Waals surface area contributed by atoms with Crippen LogP contribution in [0.4, 0.5) is 0 Å². The number of hydrogen-bond acceptors (Lipinski definition) is 3. The molecule has 0 radical (unpaired) electrons. The van der Waals surface area contributed by atoms with E-state index in [2.05, 4.69) is 49.6 Å². The van der Waals surface area contributed by atoms with Gasteiger partial charge in [-0.25, -0.2) is 0 Å². The van der Waals surface area contributed by atoms with Gasteiger partial charge in [-0.2, -0.15) is 23.5 Å². The molecule has 1 aliphatic heterocycles. The maximum absolute atomic E-state index is 3.78. The Labute approximate surface area is 135 Å². The van der Waals surface area contributed by atoms with Crippen molar-refractivity contribution in [3.8, 4) is 0 Å². The third kappa shape index (κ3) is 7.09.